The fourth-order valence-electron chi connectivity index (χ4n) is 3.64. The number of rotatable bonds is 7. The predicted octanol–water partition coefficient (Wildman–Crippen LogP) is 7.05. The predicted molar refractivity (Wildman–Crippen MR) is 113 cm³/mol. The average molecular weight is 359 g/mol. The highest BCUT2D eigenvalue weighted by Crippen LogP contribution is 2.40. The highest BCUT2D eigenvalue weighted by atomic mass is 16.3. The Kier molecular flexibility index (Phi) is 7.56. The zero-order valence-corrected chi connectivity index (χ0v) is 18.0. The summed E-state index contributed by atoms with van der Waals surface area (Å²) in [6.45, 7) is 17.3. The smallest absolute Gasteiger partial charge is 0.123 e. The van der Waals surface area contributed by atoms with E-state index in [1.165, 1.54) is 11.1 Å². The molecule has 1 rings (SSSR count). The molecule has 0 aliphatic rings. The normalized spacial score (nSPS) is 13.0. The highest BCUT2D eigenvalue weighted by Gasteiger charge is 2.28. The van der Waals surface area contributed by atoms with Crippen molar-refractivity contribution in [2.24, 2.45) is 5.41 Å². The third-order valence-electron chi connectivity index (χ3n) is 4.70. The maximum absolute atomic E-state index is 10.5. The number of phenols is 2. The second-order valence-electron chi connectivity index (χ2n) is 9.69. The molecule has 0 aliphatic carbocycles. The van der Waals surface area contributed by atoms with Gasteiger partial charge in [-0.2, -0.15) is 0 Å². The molecule has 0 radical (unpaired) electrons. The van der Waals surface area contributed by atoms with Crippen LogP contribution < -0.4 is 0 Å². The van der Waals surface area contributed by atoms with Crippen LogP contribution in [-0.4, -0.2) is 10.2 Å². The Hall–Kier alpha value is -1.70. The van der Waals surface area contributed by atoms with E-state index >= 15 is 0 Å². The van der Waals surface area contributed by atoms with Crippen molar-refractivity contribution in [2.75, 3.05) is 0 Å². The van der Waals surface area contributed by atoms with E-state index in [2.05, 4.69) is 67.5 Å². The molecular formula is C24H38O2. The Morgan fingerprint density at radius 3 is 1.92 bits per heavy atom. The van der Waals surface area contributed by atoms with E-state index in [4.69, 9.17) is 0 Å². The van der Waals surface area contributed by atoms with E-state index in [9.17, 15) is 10.2 Å². The lowest BCUT2D eigenvalue weighted by Gasteiger charge is -2.33. The first-order valence-electron chi connectivity index (χ1n) is 9.66. The van der Waals surface area contributed by atoms with Crippen LogP contribution in [0.3, 0.4) is 0 Å². The van der Waals surface area contributed by atoms with Gasteiger partial charge in [0.15, 0.2) is 0 Å². The van der Waals surface area contributed by atoms with Gasteiger partial charge in [-0.25, -0.2) is 0 Å². The van der Waals surface area contributed by atoms with Crippen LogP contribution in [0.2, 0.25) is 0 Å². The third-order valence-corrected chi connectivity index (χ3v) is 4.70. The van der Waals surface area contributed by atoms with Crippen molar-refractivity contribution < 1.29 is 10.2 Å². The highest BCUT2D eigenvalue weighted by molar-refractivity contribution is 5.49. The third kappa shape index (κ3) is 7.27. The summed E-state index contributed by atoms with van der Waals surface area (Å²) in [6.07, 6.45) is 7.90. The summed E-state index contributed by atoms with van der Waals surface area (Å²) in [7, 11) is 0. The van der Waals surface area contributed by atoms with Crippen LogP contribution in [0, 0.1) is 5.41 Å². The maximum atomic E-state index is 10.5. The lowest BCUT2D eigenvalue weighted by atomic mass is 9.72. The molecule has 0 aromatic heterocycles. The van der Waals surface area contributed by atoms with Crippen molar-refractivity contribution in [1.29, 1.82) is 0 Å². The molecule has 0 amide bonds. The SMILES string of the molecule is CC(C)=CCC/C(C)=C/Cc1c(O)cc(C(C)(C)CC(C)(C)C)cc1O. The summed E-state index contributed by atoms with van der Waals surface area (Å²) in [5, 5.41) is 21.0. The second-order valence-corrected chi connectivity index (χ2v) is 9.69. The molecule has 0 atom stereocenters. The Morgan fingerprint density at radius 2 is 1.46 bits per heavy atom. The molecule has 0 saturated heterocycles. The lowest BCUT2D eigenvalue weighted by Crippen LogP contribution is -2.24. The van der Waals surface area contributed by atoms with Crippen molar-refractivity contribution in [3.63, 3.8) is 0 Å². The standard InChI is InChI=1S/C24H38O2/c1-17(2)10-9-11-18(3)12-13-20-21(25)14-19(15-22(20)26)24(7,8)16-23(4,5)6/h10,12,14-15,25-26H,9,11,13,16H2,1-8H3/b18-12+. The molecule has 26 heavy (non-hydrogen) atoms. The van der Waals surface area contributed by atoms with Gasteiger partial charge >= 0.3 is 0 Å². The second kappa shape index (κ2) is 8.79. The summed E-state index contributed by atoms with van der Waals surface area (Å²) in [5.74, 6) is 0.380. The zero-order valence-electron chi connectivity index (χ0n) is 18.0. The van der Waals surface area contributed by atoms with Crippen LogP contribution in [0.5, 0.6) is 11.5 Å². The minimum atomic E-state index is -0.109. The van der Waals surface area contributed by atoms with Gasteiger partial charge in [-0.3, -0.25) is 0 Å². The van der Waals surface area contributed by atoms with Crippen molar-refractivity contribution in [3.05, 3.63) is 46.6 Å². The Labute approximate surface area is 160 Å². The largest absolute Gasteiger partial charge is 0.508 e. The molecule has 146 valence electrons. The molecular weight excluding hydrogens is 320 g/mol. The van der Waals surface area contributed by atoms with Gasteiger partial charge in [-0.15, -0.1) is 0 Å². The molecule has 0 saturated carbocycles. The minimum absolute atomic E-state index is 0.109. The molecule has 0 fully saturated rings. The van der Waals surface area contributed by atoms with Crippen LogP contribution in [0.1, 0.15) is 85.8 Å². The first-order chi connectivity index (χ1) is 11.8. The molecule has 0 aliphatic heterocycles. The van der Waals surface area contributed by atoms with Crippen LogP contribution in [0.15, 0.2) is 35.4 Å². The molecule has 1 aromatic carbocycles. The van der Waals surface area contributed by atoms with Gasteiger partial charge in [0.1, 0.15) is 11.5 Å². The van der Waals surface area contributed by atoms with Crippen LogP contribution >= 0.6 is 0 Å². The molecule has 2 heteroatoms. The first kappa shape index (κ1) is 22.3. The molecule has 0 unspecified atom stereocenters. The van der Waals surface area contributed by atoms with Gasteiger partial charge in [-0.1, -0.05) is 57.9 Å². The number of hydrogen-bond acceptors (Lipinski definition) is 2. The summed E-state index contributed by atoms with van der Waals surface area (Å²) in [4.78, 5) is 0. The Bertz CT molecular complexity index is 643. The topological polar surface area (TPSA) is 40.5 Å². The number of phenolic OH excluding ortho intramolecular Hbond substituents is 2. The molecule has 2 nitrogen and oxygen atoms in total. The summed E-state index contributed by atoms with van der Waals surface area (Å²) in [5.41, 5.74) is 4.28. The lowest BCUT2D eigenvalue weighted by molar-refractivity contribution is 0.282. The van der Waals surface area contributed by atoms with Crippen molar-refractivity contribution in [1.82, 2.24) is 0 Å². The van der Waals surface area contributed by atoms with E-state index in [1.807, 2.05) is 12.1 Å². The molecule has 2 N–H and O–H groups in total. The van der Waals surface area contributed by atoms with E-state index in [0.717, 1.165) is 24.8 Å². The summed E-state index contributed by atoms with van der Waals surface area (Å²) >= 11 is 0. The Morgan fingerprint density at radius 1 is 0.923 bits per heavy atom. The average Bonchev–Trinajstić information content (AvgIpc) is 2.43. The maximum Gasteiger partial charge on any atom is 0.123 e. The monoisotopic (exact) mass is 358 g/mol. The number of benzene rings is 1. The Balaban J connectivity index is 2.95. The van der Waals surface area contributed by atoms with E-state index < -0.39 is 0 Å². The van der Waals surface area contributed by atoms with Gasteiger partial charge in [-0.05, 0) is 75.0 Å². The summed E-state index contributed by atoms with van der Waals surface area (Å²) < 4.78 is 0. The number of allylic oxidation sites excluding steroid dienone is 4. The minimum Gasteiger partial charge on any atom is -0.508 e. The van der Waals surface area contributed by atoms with Gasteiger partial charge in [0.05, 0.1) is 0 Å². The van der Waals surface area contributed by atoms with Crippen LogP contribution in [-0.2, 0) is 11.8 Å². The van der Waals surface area contributed by atoms with Crippen LogP contribution in [0.4, 0.5) is 0 Å². The first-order valence-corrected chi connectivity index (χ1v) is 9.66. The van der Waals surface area contributed by atoms with Crippen molar-refractivity contribution in [2.45, 2.75) is 86.5 Å². The fraction of sp³-hybridized carbons (Fsp3) is 0.583. The van der Waals surface area contributed by atoms with Gasteiger partial charge < -0.3 is 10.2 Å². The van der Waals surface area contributed by atoms with Crippen LogP contribution in [0.25, 0.3) is 0 Å². The van der Waals surface area contributed by atoms with Gasteiger partial charge in [0, 0.05) is 5.56 Å². The van der Waals surface area contributed by atoms with Crippen molar-refractivity contribution >= 4 is 0 Å². The fourth-order valence-corrected chi connectivity index (χ4v) is 3.64. The molecule has 0 spiro atoms. The van der Waals surface area contributed by atoms with E-state index in [1.54, 1.807) is 0 Å². The molecule has 1 aromatic rings. The summed E-state index contributed by atoms with van der Waals surface area (Å²) in [6, 6.07) is 3.65. The van der Waals surface area contributed by atoms with E-state index in [-0.39, 0.29) is 22.3 Å². The molecule has 0 bridgehead atoms. The zero-order chi connectivity index (χ0) is 20.1. The number of aromatic hydroxyl groups is 2. The number of hydrogen-bond donors (Lipinski definition) is 2. The van der Waals surface area contributed by atoms with Crippen molar-refractivity contribution in [3.8, 4) is 11.5 Å². The molecule has 0 heterocycles. The quantitative estimate of drug-likeness (QED) is 0.513. The van der Waals surface area contributed by atoms with E-state index in [0.29, 0.717) is 12.0 Å². The van der Waals surface area contributed by atoms with Gasteiger partial charge in [0.2, 0.25) is 0 Å². The van der Waals surface area contributed by atoms with Gasteiger partial charge in [0.25, 0.3) is 0 Å².